The minimum Gasteiger partial charge on any atom is -0.478 e. The van der Waals surface area contributed by atoms with Crippen LogP contribution in [0.15, 0.2) is 24.3 Å². The molecule has 3 nitrogen and oxygen atoms in total. The van der Waals surface area contributed by atoms with E-state index in [2.05, 4.69) is 31.3 Å². The number of hydrogen-bond donors (Lipinski definition) is 1. The van der Waals surface area contributed by atoms with E-state index < -0.39 is 14.2 Å². The monoisotopic (exact) mass is 223 g/mol. The lowest BCUT2D eigenvalue weighted by Gasteiger charge is -2.32. The number of rotatable bonds is 3. The first-order valence-electron chi connectivity index (χ1n) is 4.89. The molecule has 0 amide bonds. The van der Waals surface area contributed by atoms with E-state index >= 15 is 0 Å². The summed E-state index contributed by atoms with van der Waals surface area (Å²) in [5.41, 5.74) is 1.42. The van der Waals surface area contributed by atoms with Gasteiger partial charge in [0.05, 0.1) is 5.56 Å². The zero-order valence-corrected chi connectivity index (χ0v) is 10.6. The van der Waals surface area contributed by atoms with Crippen LogP contribution in [0.5, 0.6) is 0 Å². The Morgan fingerprint density at radius 2 is 1.67 bits per heavy atom. The standard InChI is InChI=1S/C11H17NO2Si/c1-12(15(2,3)4)10-7-5-9(6-8-10)11(13)14/h5-8H,1-4H3,(H,13,14). The van der Waals surface area contributed by atoms with Gasteiger partial charge in [0.2, 0.25) is 0 Å². The lowest BCUT2D eigenvalue weighted by Crippen LogP contribution is -2.43. The van der Waals surface area contributed by atoms with Crippen molar-refractivity contribution in [3.8, 4) is 0 Å². The summed E-state index contributed by atoms with van der Waals surface area (Å²) < 4.78 is 2.25. The predicted octanol–water partition coefficient (Wildman–Crippen LogP) is 2.66. The van der Waals surface area contributed by atoms with Gasteiger partial charge in [0.1, 0.15) is 8.24 Å². The molecule has 0 aliphatic carbocycles. The quantitative estimate of drug-likeness (QED) is 0.801. The smallest absolute Gasteiger partial charge is 0.335 e. The van der Waals surface area contributed by atoms with Crippen molar-refractivity contribution in [3.05, 3.63) is 29.8 Å². The topological polar surface area (TPSA) is 40.5 Å². The first kappa shape index (κ1) is 11.8. The third-order valence-corrected chi connectivity index (χ3v) is 4.78. The van der Waals surface area contributed by atoms with E-state index in [1.165, 1.54) is 0 Å². The molecule has 0 aromatic heterocycles. The Bertz CT molecular complexity index is 354. The molecule has 0 aliphatic rings. The highest BCUT2D eigenvalue weighted by atomic mass is 28.3. The van der Waals surface area contributed by atoms with Gasteiger partial charge in [-0.1, -0.05) is 19.6 Å². The Balaban J connectivity index is 2.94. The molecule has 15 heavy (non-hydrogen) atoms. The van der Waals surface area contributed by atoms with Crippen molar-refractivity contribution in [2.75, 3.05) is 11.6 Å². The van der Waals surface area contributed by atoms with E-state index in [1.807, 2.05) is 12.1 Å². The first-order valence-corrected chi connectivity index (χ1v) is 8.34. The Morgan fingerprint density at radius 3 is 2.00 bits per heavy atom. The predicted molar refractivity (Wildman–Crippen MR) is 65.2 cm³/mol. The van der Waals surface area contributed by atoms with Crippen molar-refractivity contribution in [1.82, 2.24) is 0 Å². The van der Waals surface area contributed by atoms with Crippen LogP contribution in [-0.2, 0) is 0 Å². The van der Waals surface area contributed by atoms with Crippen molar-refractivity contribution in [2.24, 2.45) is 0 Å². The summed E-state index contributed by atoms with van der Waals surface area (Å²) in [5, 5.41) is 8.77. The maximum absolute atomic E-state index is 10.7. The molecule has 1 N–H and O–H groups in total. The third kappa shape index (κ3) is 2.83. The number of benzene rings is 1. The van der Waals surface area contributed by atoms with Gasteiger partial charge in [-0.3, -0.25) is 0 Å². The van der Waals surface area contributed by atoms with Gasteiger partial charge in [0, 0.05) is 5.69 Å². The van der Waals surface area contributed by atoms with Gasteiger partial charge < -0.3 is 9.67 Å². The van der Waals surface area contributed by atoms with Crippen LogP contribution in [0.4, 0.5) is 5.69 Å². The largest absolute Gasteiger partial charge is 0.478 e. The zero-order chi connectivity index (χ0) is 11.6. The molecule has 0 atom stereocenters. The van der Waals surface area contributed by atoms with E-state index in [9.17, 15) is 4.79 Å². The molecule has 0 aliphatic heterocycles. The lowest BCUT2D eigenvalue weighted by atomic mass is 10.2. The fraction of sp³-hybridized carbons (Fsp3) is 0.364. The Labute approximate surface area is 91.4 Å². The van der Waals surface area contributed by atoms with Crippen molar-refractivity contribution in [1.29, 1.82) is 0 Å². The lowest BCUT2D eigenvalue weighted by molar-refractivity contribution is 0.0697. The Kier molecular flexibility index (Phi) is 3.19. The number of carboxylic acid groups (broad SMARTS) is 1. The average molecular weight is 223 g/mol. The summed E-state index contributed by atoms with van der Waals surface area (Å²) in [4.78, 5) is 10.7. The van der Waals surface area contributed by atoms with Gasteiger partial charge in [0.15, 0.2) is 0 Å². The number of nitrogens with zero attached hydrogens (tertiary/aromatic N) is 1. The highest BCUT2D eigenvalue weighted by Crippen LogP contribution is 2.19. The second kappa shape index (κ2) is 4.06. The summed E-state index contributed by atoms with van der Waals surface area (Å²) in [7, 11) is 0.697. The second-order valence-corrected chi connectivity index (χ2v) is 9.59. The molecule has 1 rings (SSSR count). The molecular weight excluding hydrogens is 206 g/mol. The van der Waals surface area contributed by atoms with Gasteiger partial charge in [-0.25, -0.2) is 4.79 Å². The molecule has 0 heterocycles. The van der Waals surface area contributed by atoms with Gasteiger partial charge in [-0.2, -0.15) is 0 Å². The number of carbonyl (C=O) groups is 1. The molecule has 0 fully saturated rings. The van der Waals surface area contributed by atoms with E-state index in [0.29, 0.717) is 5.56 Å². The molecule has 1 aromatic rings. The molecule has 0 radical (unpaired) electrons. The van der Waals surface area contributed by atoms with Crippen LogP contribution in [0.25, 0.3) is 0 Å². The summed E-state index contributed by atoms with van der Waals surface area (Å²) in [6.07, 6.45) is 0. The molecule has 0 unspecified atom stereocenters. The highest BCUT2D eigenvalue weighted by molar-refractivity contribution is 6.79. The molecule has 4 heteroatoms. The minimum atomic E-state index is -1.36. The zero-order valence-electron chi connectivity index (χ0n) is 9.61. The summed E-state index contributed by atoms with van der Waals surface area (Å²) in [6.45, 7) is 6.74. The minimum absolute atomic E-state index is 0.336. The van der Waals surface area contributed by atoms with Gasteiger partial charge in [-0.15, -0.1) is 0 Å². The number of carboxylic acids is 1. The average Bonchev–Trinajstić information content (AvgIpc) is 2.15. The second-order valence-electron chi connectivity index (χ2n) is 4.58. The van der Waals surface area contributed by atoms with Crippen LogP contribution < -0.4 is 4.57 Å². The SMILES string of the molecule is CN(c1ccc(C(=O)O)cc1)[Si](C)(C)C. The van der Waals surface area contributed by atoms with Crippen molar-refractivity contribution >= 4 is 19.9 Å². The molecule has 0 spiro atoms. The van der Waals surface area contributed by atoms with Gasteiger partial charge >= 0.3 is 5.97 Å². The normalized spacial score (nSPS) is 11.2. The van der Waals surface area contributed by atoms with E-state index in [0.717, 1.165) is 5.69 Å². The fourth-order valence-corrected chi connectivity index (χ4v) is 2.14. The molecular formula is C11H17NO2Si. The number of aromatic carboxylic acids is 1. The molecule has 1 aromatic carbocycles. The van der Waals surface area contributed by atoms with Crippen LogP contribution in [0.1, 0.15) is 10.4 Å². The van der Waals surface area contributed by atoms with E-state index in [1.54, 1.807) is 12.1 Å². The van der Waals surface area contributed by atoms with Gasteiger partial charge in [0.25, 0.3) is 0 Å². The van der Waals surface area contributed by atoms with Crippen molar-refractivity contribution < 1.29 is 9.90 Å². The molecule has 0 saturated heterocycles. The molecule has 0 saturated carbocycles. The molecule has 0 bridgehead atoms. The number of hydrogen-bond acceptors (Lipinski definition) is 2. The maximum atomic E-state index is 10.7. The Hall–Kier alpha value is -1.29. The van der Waals surface area contributed by atoms with Crippen LogP contribution in [0, 0.1) is 0 Å². The van der Waals surface area contributed by atoms with Crippen LogP contribution in [0.2, 0.25) is 19.6 Å². The highest BCUT2D eigenvalue weighted by Gasteiger charge is 2.20. The summed E-state index contributed by atoms with van der Waals surface area (Å²) in [5.74, 6) is -0.878. The van der Waals surface area contributed by atoms with Crippen molar-refractivity contribution in [2.45, 2.75) is 19.6 Å². The number of anilines is 1. The van der Waals surface area contributed by atoms with E-state index in [-0.39, 0.29) is 0 Å². The van der Waals surface area contributed by atoms with Crippen LogP contribution >= 0.6 is 0 Å². The van der Waals surface area contributed by atoms with Crippen LogP contribution in [-0.4, -0.2) is 26.4 Å². The van der Waals surface area contributed by atoms with Crippen LogP contribution in [0.3, 0.4) is 0 Å². The van der Waals surface area contributed by atoms with Gasteiger partial charge in [-0.05, 0) is 31.3 Å². The molecule has 82 valence electrons. The summed E-state index contributed by atoms with van der Waals surface area (Å²) >= 11 is 0. The first-order chi connectivity index (χ1) is 6.82. The maximum Gasteiger partial charge on any atom is 0.335 e. The fourth-order valence-electron chi connectivity index (χ4n) is 1.21. The van der Waals surface area contributed by atoms with E-state index in [4.69, 9.17) is 5.11 Å². The third-order valence-electron chi connectivity index (χ3n) is 2.51. The summed E-state index contributed by atoms with van der Waals surface area (Å²) in [6, 6.07) is 7.02. The van der Waals surface area contributed by atoms with Crippen molar-refractivity contribution in [3.63, 3.8) is 0 Å². The Morgan fingerprint density at radius 1 is 1.20 bits per heavy atom.